The lowest BCUT2D eigenvalue weighted by molar-refractivity contribution is -0.611. The molecule has 1 unspecified atom stereocenters. The number of aromatic nitrogens is 2. The first-order chi connectivity index (χ1) is 18.3. The Balaban J connectivity index is 1.45. The summed E-state index contributed by atoms with van der Waals surface area (Å²) in [4.78, 5) is 25.8. The van der Waals surface area contributed by atoms with Crippen molar-refractivity contribution in [2.75, 3.05) is 11.9 Å². The number of rotatable bonds is 6. The van der Waals surface area contributed by atoms with Crippen molar-refractivity contribution in [2.24, 2.45) is 17.6 Å². The lowest BCUT2D eigenvalue weighted by atomic mass is 9.75. The predicted molar refractivity (Wildman–Crippen MR) is 143 cm³/mol. The molecule has 200 valence electrons. The second-order valence-electron chi connectivity index (χ2n) is 10.1. The first-order valence-corrected chi connectivity index (χ1v) is 13.4. The fourth-order valence-electron chi connectivity index (χ4n) is 6.05. The zero-order valence-corrected chi connectivity index (χ0v) is 21.9. The number of nitrogens with one attached hydrogen (secondary N) is 2. The highest BCUT2D eigenvalue weighted by Crippen LogP contribution is 2.40. The van der Waals surface area contributed by atoms with E-state index in [2.05, 4.69) is 10.6 Å². The van der Waals surface area contributed by atoms with Crippen molar-refractivity contribution >= 4 is 29.1 Å². The van der Waals surface area contributed by atoms with Crippen LogP contribution in [0.15, 0.2) is 42.6 Å². The number of hydrogen-bond donors (Lipinski definition) is 3. The number of anilines is 1. The predicted octanol–water partition coefficient (Wildman–Crippen LogP) is 4.47. The number of halogens is 2. The van der Waals surface area contributed by atoms with Crippen molar-refractivity contribution < 1.29 is 18.7 Å². The monoisotopic (exact) mass is 539 g/mol. The lowest BCUT2D eigenvalue weighted by Gasteiger charge is -2.38. The molecule has 2 amide bonds. The number of hydrogen-bond acceptors (Lipinski definition) is 4. The van der Waals surface area contributed by atoms with E-state index >= 15 is 4.39 Å². The van der Waals surface area contributed by atoms with Crippen molar-refractivity contribution in [1.29, 1.82) is 0 Å². The number of pyridine rings is 1. The number of primary amides is 1. The molecule has 5 rings (SSSR count). The summed E-state index contributed by atoms with van der Waals surface area (Å²) in [6, 6.07) is 9.10. The Bertz CT molecular complexity index is 1390. The van der Waals surface area contributed by atoms with E-state index in [9.17, 15) is 14.8 Å². The second kappa shape index (κ2) is 10.7. The van der Waals surface area contributed by atoms with E-state index in [-0.39, 0.29) is 34.1 Å². The van der Waals surface area contributed by atoms with Crippen molar-refractivity contribution in [1.82, 2.24) is 9.88 Å². The van der Waals surface area contributed by atoms with Gasteiger partial charge in [-0.15, -0.1) is 0 Å². The van der Waals surface area contributed by atoms with Gasteiger partial charge in [0.15, 0.2) is 11.9 Å². The van der Waals surface area contributed by atoms with E-state index in [4.69, 9.17) is 17.3 Å². The van der Waals surface area contributed by atoms with Gasteiger partial charge in [-0.3, -0.25) is 9.59 Å². The van der Waals surface area contributed by atoms with Gasteiger partial charge in [-0.2, -0.15) is 4.73 Å². The standard InChI is InChI=1S/C28H31ClFN5O3/c1-16-24(20(29)11-13-35(16)38)19-8-7-18(15-21(19)30)33-28(37)25(17-5-3-2-4-6-17)26-22-9-10-23(27(31)36)34(22)14-12-32-26/h7-11,13,15,17,25-26,32H,2-6,12,14H2,1H3,(H2,31,36)(H,33,37)/t25-,26?/m0/s1. The van der Waals surface area contributed by atoms with E-state index < -0.39 is 17.6 Å². The van der Waals surface area contributed by atoms with Gasteiger partial charge in [0.25, 0.3) is 5.91 Å². The first-order valence-electron chi connectivity index (χ1n) is 13.0. The van der Waals surface area contributed by atoms with Crippen LogP contribution in [0.1, 0.15) is 60.0 Å². The van der Waals surface area contributed by atoms with E-state index in [1.54, 1.807) is 19.1 Å². The second-order valence-corrected chi connectivity index (χ2v) is 10.6. The van der Waals surface area contributed by atoms with Gasteiger partial charge in [0.05, 0.1) is 22.5 Å². The Morgan fingerprint density at radius 1 is 1.21 bits per heavy atom. The molecule has 8 nitrogen and oxygen atoms in total. The van der Waals surface area contributed by atoms with Crippen molar-refractivity contribution in [2.45, 2.75) is 51.6 Å². The smallest absolute Gasteiger partial charge is 0.265 e. The summed E-state index contributed by atoms with van der Waals surface area (Å²) in [6.07, 6.45) is 6.37. The van der Waals surface area contributed by atoms with Gasteiger partial charge in [-0.25, -0.2) is 4.39 Å². The van der Waals surface area contributed by atoms with Crippen LogP contribution in [0, 0.1) is 29.8 Å². The van der Waals surface area contributed by atoms with Crippen LogP contribution in [0.2, 0.25) is 5.02 Å². The molecule has 1 aliphatic carbocycles. The molecule has 10 heteroatoms. The minimum atomic E-state index is -0.594. The quantitative estimate of drug-likeness (QED) is 0.316. The van der Waals surface area contributed by atoms with Crippen LogP contribution in [-0.2, 0) is 11.3 Å². The van der Waals surface area contributed by atoms with Crippen LogP contribution < -0.4 is 21.1 Å². The first kappa shape index (κ1) is 26.2. The Labute approximate surface area is 225 Å². The third-order valence-corrected chi connectivity index (χ3v) is 8.21. The van der Waals surface area contributed by atoms with Crippen LogP contribution in [0.5, 0.6) is 0 Å². The van der Waals surface area contributed by atoms with Crippen LogP contribution in [0.25, 0.3) is 11.1 Å². The van der Waals surface area contributed by atoms with E-state index in [1.165, 1.54) is 24.4 Å². The van der Waals surface area contributed by atoms with Gasteiger partial charge < -0.3 is 26.1 Å². The van der Waals surface area contributed by atoms with Crippen LogP contribution in [0.4, 0.5) is 10.1 Å². The average Bonchev–Trinajstić information content (AvgIpc) is 3.34. The number of carbonyl (C=O) groups excluding carboxylic acids is 2. The molecule has 2 aliphatic rings. The van der Waals surface area contributed by atoms with Crippen molar-refractivity contribution in [3.8, 4) is 11.1 Å². The molecule has 0 radical (unpaired) electrons. The number of fused-ring (bicyclic) bond motifs is 1. The van der Waals surface area contributed by atoms with E-state index in [0.717, 1.165) is 37.8 Å². The van der Waals surface area contributed by atoms with Gasteiger partial charge in [0, 0.05) is 43.0 Å². The maximum Gasteiger partial charge on any atom is 0.265 e. The summed E-state index contributed by atoms with van der Waals surface area (Å²) in [5.41, 5.74) is 7.98. The summed E-state index contributed by atoms with van der Waals surface area (Å²) in [5.74, 6) is -1.57. The summed E-state index contributed by atoms with van der Waals surface area (Å²) >= 11 is 6.28. The zero-order valence-electron chi connectivity index (χ0n) is 21.2. The molecule has 3 heterocycles. The molecule has 1 saturated carbocycles. The van der Waals surface area contributed by atoms with Gasteiger partial charge in [-0.05, 0) is 49.1 Å². The highest BCUT2D eigenvalue weighted by atomic mass is 35.5. The molecule has 1 aromatic carbocycles. The highest BCUT2D eigenvalue weighted by Gasteiger charge is 2.40. The molecule has 38 heavy (non-hydrogen) atoms. The molecule has 1 fully saturated rings. The SMILES string of the molecule is Cc1c(-c2ccc(NC(=O)[C@@H](C3CCCCC3)C3NCCn4c(C(N)=O)ccc43)cc2F)c(Cl)cc[n+]1[O-]. The van der Waals surface area contributed by atoms with Gasteiger partial charge in [0.1, 0.15) is 11.5 Å². The van der Waals surface area contributed by atoms with Gasteiger partial charge in [-0.1, -0.05) is 30.9 Å². The minimum absolute atomic E-state index is 0.141. The normalized spacial score (nSPS) is 18.6. The fourth-order valence-corrected chi connectivity index (χ4v) is 6.35. The maximum absolute atomic E-state index is 15.3. The largest absolute Gasteiger partial charge is 0.618 e. The van der Waals surface area contributed by atoms with E-state index in [0.29, 0.717) is 34.8 Å². The zero-order chi connectivity index (χ0) is 27.0. The highest BCUT2D eigenvalue weighted by molar-refractivity contribution is 6.33. The Morgan fingerprint density at radius 2 is 1.97 bits per heavy atom. The lowest BCUT2D eigenvalue weighted by Crippen LogP contribution is -2.45. The number of nitrogens with two attached hydrogens (primary N) is 1. The molecule has 2 aromatic heterocycles. The molecule has 1 aliphatic heterocycles. The summed E-state index contributed by atoms with van der Waals surface area (Å²) in [6.45, 7) is 2.77. The van der Waals surface area contributed by atoms with Crippen molar-refractivity contribution in [3.63, 3.8) is 0 Å². The van der Waals surface area contributed by atoms with Crippen LogP contribution in [0.3, 0.4) is 0 Å². The topological polar surface area (TPSA) is 116 Å². The minimum Gasteiger partial charge on any atom is -0.618 e. The number of benzene rings is 1. The van der Waals surface area contributed by atoms with Gasteiger partial charge in [0.2, 0.25) is 5.91 Å². The average molecular weight is 540 g/mol. The Hall–Kier alpha value is -3.43. The molecule has 0 saturated heterocycles. The third-order valence-electron chi connectivity index (χ3n) is 7.90. The molecule has 0 spiro atoms. The van der Waals surface area contributed by atoms with Crippen LogP contribution in [-0.4, -0.2) is 22.9 Å². The third kappa shape index (κ3) is 4.88. The maximum atomic E-state index is 15.3. The molecule has 4 N–H and O–H groups in total. The molecule has 0 bridgehead atoms. The Morgan fingerprint density at radius 3 is 2.68 bits per heavy atom. The molecule has 2 atom stereocenters. The molecular weight excluding hydrogens is 509 g/mol. The molecule has 3 aromatic rings. The molecular formula is C28H31ClFN5O3. The summed E-state index contributed by atoms with van der Waals surface area (Å²) in [7, 11) is 0. The van der Waals surface area contributed by atoms with Crippen LogP contribution >= 0.6 is 11.6 Å². The fraction of sp³-hybridized carbons (Fsp3) is 0.393. The summed E-state index contributed by atoms with van der Waals surface area (Å²) in [5, 5.41) is 18.7. The van der Waals surface area contributed by atoms with Crippen molar-refractivity contribution in [3.05, 3.63) is 75.7 Å². The number of nitrogens with zero attached hydrogens (tertiary/aromatic N) is 2. The Kier molecular flexibility index (Phi) is 7.40. The van der Waals surface area contributed by atoms with Gasteiger partial charge >= 0.3 is 0 Å². The van der Waals surface area contributed by atoms with E-state index in [1.807, 2.05) is 10.6 Å². The summed E-state index contributed by atoms with van der Waals surface area (Å²) < 4.78 is 17.8. The number of carbonyl (C=O) groups is 2. The number of amides is 2.